The maximum atomic E-state index is 9.22. The number of aryl methyl sites for hydroxylation is 1. The lowest BCUT2D eigenvalue weighted by Crippen LogP contribution is -2.01. The Morgan fingerprint density at radius 2 is 2.10 bits per heavy atom. The lowest BCUT2D eigenvalue weighted by molar-refractivity contribution is 0.490. The Balaban J connectivity index is 1.90. The zero-order chi connectivity index (χ0) is 13.9. The van der Waals surface area contributed by atoms with E-state index in [0.717, 1.165) is 22.4 Å². The van der Waals surface area contributed by atoms with Crippen LogP contribution in [-0.4, -0.2) is 4.98 Å². The summed E-state index contributed by atoms with van der Waals surface area (Å²) in [6.07, 6.45) is 0. The number of anilines is 1. The number of rotatable bonds is 3. The molecule has 4 nitrogen and oxygen atoms in total. The molecule has 3 rings (SSSR count). The first kappa shape index (κ1) is 12.2. The number of nitriles is 1. The molecule has 0 unspecified atom stereocenters. The van der Waals surface area contributed by atoms with Gasteiger partial charge in [-0.15, -0.1) is 0 Å². The number of aromatic nitrogens is 1. The predicted molar refractivity (Wildman–Crippen MR) is 77.2 cm³/mol. The third kappa shape index (κ3) is 2.34. The highest BCUT2D eigenvalue weighted by atomic mass is 16.3. The molecular formula is C16H13N3O. The Morgan fingerprint density at radius 1 is 1.25 bits per heavy atom. The Bertz CT molecular complexity index is 799. The number of para-hydroxylation sites is 1. The molecule has 0 aliphatic rings. The molecule has 0 saturated heterocycles. The van der Waals surface area contributed by atoms with Crippen molar-refractivity contribution in [2.45, 2.75) is 13.5 Å². The minimum Gasteiger partial charge on any atom is -0.465 e. The van der Waals surface area contributed by atoms with Crippen LogP contribution in [0.4, 0.5) is 5.82 Å². The second kappa shape index (κ2) is 5.06. The second-order valence-electron chi connectivity index (χ2n) is 4.55. The van der Waals surface area contributed by atoms with Gasteiger partial charge in [-0.25, -0.2) is 4.98 Å². The molecule has 0 bridgehead atoms. The standard InChI is InChI=1S/C16H13N3O/c1-11-6-7-13(20-11)10-18-16-8-12(9-17)14-4-2-3-5-15(14)19-16/h2-8H,10H2,1H3,(H,18,19). The number of fused-ring (bicyclic) bond motifs is 1. The number of hydrogen-bond acceptors (Lipinski definition) is 4. The summed E-state index contributed by atoms with van der Waals surface area (Å²) < 4.78 is 5.49. The van der Waals surface area contributed by atoms with Crippen LogP contribution in [0.15, 0.2) is 46.9 Å². The molecule has 2 aromatic heterocycles. The highest BCUT2D eigenvalue weighted by Crippen LogP contribution is 2.20. The van der Waals surface area contributed by atoms with Gasteiger partial charge in [-0.2, -0.15) is 5.26 Å². The van der Waals surface area contributed by atoms with Crippen molar-refractivity contribution in [3.63, 3.8) is 0 Å². The van der Waals surface area contributed by atoms with Crippen LogP contribution in [0.3, 0.4) is 0 Å². The number of pyridine rings is 1. The van der Waals surface area contributed by atoms with Gasteiger partial charge in [-0.1, -0.05) is 18.2 Å². The molecule has 0 saturated carbocycles. The molecule has 0 aliphatic carbocycles. The summed E-state index contributed by atoms with van der Waals surface area (Å²) in [5.41, 5.74) is 1.43. The molecule has 2 heterocycles. The monoisotopic (exact) mass is 263 g/mol. The second-order valence-corrected chi connectivity index (χ2v) is 4.55. The van der Waals surface area contributed by atoms with E-state index in [4.69, 9.17) is 4.42 Å². The van der Waals surface area contributed by atoms with Gasteiger partial charge in [0.2, 0.25) is 0 Å². The Morgan fingerprint density at radius 3 is 2.85 bits per heavy atom. The first-order valence-corrected chi connectivity index (χ1v) is 6.35. The molecular weight excluding hydrogens is 250 g/mol. The summed E-state index contributed by atoms with van der Waals surface area (Å²) in [5, 5.41) is 13.3. The van der Waals surface area contributed by atoms with Crippen molar-refractivity contribution in [3.05, 3.63) is 59.5 Å². The maximum Gasteiger partial charge on any atom is 0.128 e. The average molecular weight is 263 g/mol. The number of furan rings is 1. The molecule has 1 aromatic carbocycles. The Kier molecular flexibility index (Phi) is 3.10. The van der Waals surface area contributed by atoms with E-state index in [1.165, 1.54) is 0 Å². The number of benzene rings is 1. The van der Waals surface area contributed by atoms with Gasteiger partial charge >= 0.3 is 0 Å². The zero-order valence-electron chi connectivity index (χ0n) is 11.1. The summed E-state index contributed by atoms with van der Waals surface area (Å²) >= 11 is 0. The maximum absolute atomic E-state index is 9.22. The molecule has 0 radical (unpaired) electrons. The highest BCUT2D eigenvalue weighted by Gasteiger charge is 2.05. The van der Waals surface area contributed by atoms with Gasteiger partial charge in [-0.3, -0.25) is 0 Å². The van der Waals surface area contributed by atoms with Crippen molar-refractivity contribution in [1.82, 2.24) is 4.98 Å². The summed E-state index contributed by atoms with van der Waals surface area (Å²) in [7, 11) is 0. The van der Waals surface area contributed by atoms with Gasteiger partial charge in [0.1, 0.15) is 17.3 Å². The number of hydrogen-bond donors (Lipinski definition) is 1. The van der Waals surface area contributed by atoms with Crippen LogP contribution in [0.2, 0.25) is 0 Å². The normalized spacial score (nSPS) is 10.4. The van der Waals surface area contributed by atoms with E-state index in [1.807, 2.05) is 43.3 Å². The molecule has 0 atom stereocenters. The molecule has 1 N–H and O–H groups in total. The summed E-state index contributed by atoms with van der Waals surface area (Å²) in [6.45, 7) is 2.45. The fourth-order valence-electron chi connectivity index (χ4n) is 2.12. The van der Waals surface area contributed by atoms with Crippen LogP contribution < -0.4 is 5.32 Å². The van der Waals surface area contributed by atoms with Crippen LogP contribution in [-0.2, 0) is 6.54 Å². The third-order valence-electron chi connectivity index (χ3n) is 3.08. The molecule has 20 heavy (non-hydrogen) atoms. The topological polar surface area (TPSA) is 61.9 Å². The fraction of sp³-hybridized carbons (Fsp3) is 0.125. The van der Waals surface area contributed by atoms with Crippen LogP contribution in [0.5, 0.6) is 0 Å². The van der Waals surface area contributed by atoms with Crippen molar-refractivity contribution in [2.24, 2.45) is 0 Å². The van der Waals surface area contributed by atoms with E-state index in [9.17, 15) is 5.26 Å². The van der Waals surface area contributed by atoms with E-state index in [1.54, 1.807) is 6.07 Å². The molecule has 0 spiro atoms. The number of nitrogens with zero attached hydrogens (tertiary/aromatic N) is 2. The van der Waals surface area contributed by atoms with E-state index >= 15 is 0 Å². The minimum atomic E-state index is 0.546. The van der Waals surface area contributed by atoms with Crippen LogP contribution in [0.25, 0.3) is 10.9 Å². The molecule has 0 aliphatic heterocycles. The Hall–Kier alpha value is -2.80. The average Bonchev–Trinajstić information content (AvgIpc) is 2.90. The van der Waals surface area contributed by atoms with Gasteiger partial charge in [-0.05, 0) is 31.2 Å². The van der Waals surface area contributed by atoms with Gasteiger partial charge in [0, 0.05) is 5.39 Å². The Labute approximate surface area is 116 Å². The first-order valence-electron chi connectivity index (χ1n) is 6.35. The van der Waals surface area contributed by atoms with Crippen molar-refractivity contribution >= 4 is 16.7 Å². The van der Waals surface area contributed by atoms with Gasteiger partial charge in [0.25, 0.3) is 0 Å². The van der Waals surface area contributed by atoms with Crippen LogP contribution in [0.1, 0.15) is 17.1 Å². The summed E-state index contributed by atoms with van der Waals surface area (Å²) in [6, 6.07) is 15.4. The van der Waals surface area contributed by atoms with E-state index in [0.29, 0.717) is 17.9 Å². The first-order chi connectivity index (χ1) is 9.76. The van der Waals surface area contributed by atoms with Crippen LogP contribution in [0, 0.1) is 18.3 Å². The van der Waals surface area contributed by atoms with Crippen molar-refractivity contribution in [1.29, 1.82) is 5.26 Å². The van der Waals surface area contributed by atoms with Gasteiger partial charge < -0.3 is 9.73 Å². The minimum absolute atomic E-state index is 0.546. The smallest absolute Gasteiger partial charge is 0.128 e. The zero-order valence-corrected chi connectivity index (χ0v) is 11.1. The lowest BCUT2D eigenvalue weighted by atomic mass is 10.1. The highest BCUT2D eigenvalue weighted by molar-refractivity contribution is 5.86. The van der Waals surface area contributed by atoms with E-state index in [2.05, 4.69) is 16.4 Å². The molecule has 4 heteroatoms. The molecule has 98 valence electrons. The summed E-state index contributed by atoms with van der Waals surface area (Å²) in [5.74, 6) is 2.40. The SMILES string of the molecule is Cc1ccc(CNc2cc(C#N)c3ccccc3n2)o1. The quantitative estimate of drug-likeness (QED) is 0.784. The third-order valence-corrected chi connectivity index (χ3v) is 3.08. The van der Waals surface area contributed by atoms with Crippen molar-refractivity contribution < 1.29 is 4.42 Å². The lowest BCUT2D eigenvalue weighted by Gasteiger charge is -2.06. The molecule has 0 fully saturated rings. The predicted octanol–water partition coefficient (Wildman–Crippen LogP) is 3.62. The van der Waals surface area contributed by atoms with Crippen LogP contribution >= 0.6 is 0 Å². The largest absolute Gasteiger partial charge is 0.465 e. The van der Waals surface area contributed by atoms with E-state index < -0.39 is 0 Å². The van der Waals surface area contributed by atoms with Gasteiger partial charge in [0.05, 0.1) is 23.7 Å². The van der Waals surface area contributed by atoms with Crippen molar-refractivity contribution in [3.8, 4) is 6.07 Å². The molecule has 0 amide bonds. The molecule has 3 aromatic rings. The fourth-order valence-corrected chi connectivity index (χ4v) is 2.12. The number of nitrogens with one attached hydrogen (secondary N) is 1. The van der Waals surface area contributed by atoms with Crippen molar-refractivity contribution in [2.75, 3.05) is 5.32 Å². The van der Waals surface area contributed by atoms with Gasteiger partial charge in [0.15, 0.2) is 0 Å². The summed E-state index contributed by atoms with van der Waals surface area (Å²) in [4.78, 5) is 4.50. The van der Waals surface area contributed by atoms with E-state index in [-0.39, 0.29) is 0 Å².